The molecule has 25 heavy (non-hydrogen) atoms. The van der Waals surface area contributed by atoms with Crippen LogP contribution >= 0.6 is 0 Å². The summed E-state index contributed by atoms with van der Waals surface area (Å²) >= 11 is 0. The van der Waals surface area contributed by atoms with Crippen LogP contribution in [0.4, 0.5) is 4.39 Å². The highest BCUT2D eigenvalue weighted by atomic mass is 19.1. The summed E-state index contributed by atoms with van der Waals surface area (Å²) in [6, 6.07) is 11.7. The van der Waals surface area contributed by atoms with Crippen LogP contribution in [-0.2, 0) is 0 Å². The van der Waals surface area contributed by atoms with Crippen molar-refractivity contribution < 1.29 is 14.3 Å². The molecule has 0 aliphatic heterocycles. The molecule has 2 atom stereocenters. The maximum absolute atomic E-state index is 13.0. The van der Waals surface area contributed by atoms with Crippen LogP contribution in [0.3, 0.4) is 0 Å². The minimum atomic E-state index is -0.952. The lowest BCUT2D eigenvalue weighted by Crippen LogP contribution is -2.37. The van der Waals surface area contributed by atoms with Crippen molar-refractivity contribution >= 4 is 5.91 Å². The van der Waals surface area contributed by atoms with Crippen LogP contribution in [0.25, 0.3) is 5.69 Å². The van der Waals surface area contributed by atoms with Crippen LogP contribution in [0.2, 0.25) is 0 Å². The van der Waals surface area contributed by atoms with Gasteiger partial charge >= 0.3 is 0 Å². The first-order valence-electron chi connectivity index (χ1n) is 7.62. The molecule has 1 aromatic heterocycles. The Morgan fingerprint density at radius 1 is 1.24 bits per heavy atom. The molecule has 8 heteroatoms. The van der Waals surface area contributed by atoms with E-state index in [0.29, 0.717) is 16.8 Å². The first-order chi connectivity index (χ1) is 12.0. The topological polar surface area (TPSA) is 92.9 Å². The van der Waals surface area contributed by atoms with Crippen LogP contribution in [0.1, 0.15) is 28.9 Å². The summed E-state index contributed by atoms with van der Waals surface area (Å²) in [5.41, 5.74) is 1.58. The first-order valence-corrected chi connectivity index (χ1v) is 7.62. The highest BCUT2D eigenvalue weighted by Gasteiger charge is 2.19. The molecule has 0 saturated carbocycles. The average molecular weight is 341 g/mol. The van der Waals surface area contributed by atoms with Crippen molar-refractivity contribution in [1.29, 1.82) is 0 Å². The third-order valence-electron chi connectivity index (χ3n) is 3.77. The van der Waals surface area contributed by atoms with Gasteiger partial charge in [0.15, 0.2) is 0 Å². The van der Waals surface area contributed by atoms with Gasteiger partial charge < -0.3 is 10.4 Å². The van der Waals surface area contributed by atoms with Crippen LogP contribution in [0.5, 0.6) is 0 Å². The first kappa shape index (κ1) is 16.7. The molecule has 3 rings (SSSR count). The summed E-state index contributed by atoms with van der Waals surface area (Å²) in [5, 5.41) is 23.9. The minimum Gasteiger partial charge on any atom is -0.386 e. The van der Waals surface area contributed by atoms with Crippen molar-refractivity contribution in [3.8, 4) is 5.69 Å². The zero-order valence-electron chi connectivity index (χ0n) is 13.4. The normalized spacial score (nSPS) is 13.2. The number of rotatable bonds is 5. The number of nitrogens with zero attached hydrogens (tertiary/aromatic N) is 4. The van der Waals surface area contributed by atoms with E-state index in [0.717, 1.165) is 0 Å². The van der Waals surface area contributed by atoms with Gasteiger partial charge in [-0.2, -0.15) is 0 Å². The summed E-state index contributed by atoms with van der Waals surface area (Å²) in [6.45, 7) is 1.68. The fraction of sp³-hybridized carbons (Fsp3) is 0.176. The van der Waals surface area contributed by atoms with Gasteiger partial charge in [0.25, 0.3) is 5.91 Å². The zero-order valence-corrected chi connectivity index (χ0v) is 13.4. The number of hydrogen-bond donors (Lipinski definition) is 2. The molecule has 3 aromatic rings. The number of nitrogens with one attached hydrogen (secondary N) is 1. The maximum Gasteiger partial charge on any atom is 0.251 e. The van der Waals surface area contributed by atoms with Gasteiger partial charge in [0.05, 0.1) is 17.8 Å². The second kappa shape index (κ2) is 7.18. The van der Waals surface area contributed by atoms with Crippen LogP contribution in [0.15, 0.2) is 54.9 Å². The van der Waals surface area contributed by atoms with E-state index < -0.39 is 12.1 Å². The predicted octanol–water partition coefficient (Wildman–Crippen LogP) is 1.65. The fourth-order valence-corrected chi connectivity index (χ4v) is 2.39. The van der Waals surface area contributed by atoms with E-state index in [-0.39, 0.29) is 11.7 Å². The van der Waals surface area contributed by atoms with Crippen molar-refractivity contribution in [2.24, 2.45) is 0 Å². The smallest absolute Gasteiger partial charge is 0.251 e. The highest BCUT2D eigenvalue weighted by Crippen LogP contribution is 2.18. The molecule has 0 aliphatic rings. The molecular formula is C17H16FN5O2. The second-order valence-electron chi connectivity index (χ2n) is 5.56. The number of aliphatic hydroxyl groups is 1. The summed E-state index contributed by atoms with van der Waals surface area (Å²) in [4.78, 5) is 12.4. The van der Waals surface area contributed by atoms with Crippen molar-refractivity contribution in [3.63, 3.8) is 0 Å². The van der Waals surface area contributed by atoms with Crippen molar-refractivity contribution in [3.05, 3.63) is 71.8 Å². The van der Waals surface area contributed by atoms with E-state index in [2.05, 4.69) is 20.8 Å². The van der Waals surface area contributed by atoms with Gasteiger partial charge in [-0.25, -0.2) is 9.07 Å². The third-order valence-corrected chi connectivity index (χ3v) is 3.77. The van der Waals surface area contributed by atoms with Crippen molar-refractivity contribution in [2.75, 3.05) is 0 Å². The summed E-state index contributed by atoms with van der Waals surface area (Å²) < 4.78 is 14.4. The van der Waals surface area contributed by atoms with Gasteiger partial charge in [0.1, 0.15) is 12.1 Å². The Morgan fingerprint density at radius 3 is 2.68 bits per heavy atom. The average Bonchev–Trinajstić information content (AvgIpc) is 3.16. The number of carbonyl (C=O) groups is 1. The molecule has 0 spiro atoms. The molecule has 0 bridgehead atoms. The lowest BCUT2D eigenvalue weighted by Gasteiger charge is -2.20. The van der Waals surface area contributed by atoms with E-state index in [1.165, 1.54) is 35.3 Å². The monoisotopic (exact) mass is 341 g/mol. The van der Waals surface area contributed by atoms with E-state index >= 15 is 0 Å². The number of halogens is 1. The lowest BCUT2D eigenvalue weighted by molar-refractivity contribution is 0.0852. The highest BCUT2D eigenvalue weighted by molar-refractivity contribution is 5.94. The third kappa shape index (κ3) is 3.86. The van der Waals surface area contributed by atoms with Crippen LogP contribution in [0, 0.1) is 5.82 Å². The number of tetrazole rings is 1. The van der Waals surface area contributed by atoms with Crippen LogP contribution < -0.4 is 5.32 Å². The largest absolute Gasteiger partial charge is 0.386 e. The Bertz CT molecular complexity index is 852. The summed E-state index contributed by atoms with van der Waals surface area (Å²) in [7, 11) is 0. The van der Waals surface area contributed by atoms with Gasteiger partial charge in [0.2, 0.25) is 0 Å². The molecule has 1 heterocycles. The molecule has 0 aliphatic carbocycles. The van der Waals surface area contributed by atoms with E-state index in [1.54, 1.807) is 31.2 Å². The van der Waals surface area contributed by atoms with Crippen LogP contribution in [-0.4, -0.2) is 37.3 Å². The number of aromatic nitrogens is 4. The Hall–Kier alpha value is -3.13. The molecule has 0 saturated heterocycles. The van der Waals surface area contributed by atoms with E-state index in [1.807, 2.05) is 0 Å². The Labute approximate surface area is 143 Å². The molecule has 0 unspecified atom stereocenters. The van der Waals surface area contributed by atoms with Gasteiger partial charge in [-0.15, -0.1) is 5.10 Å². The second-order valence-corrected chi connectivity index (χ2v) is 5.56. The predicted molar refractivity (Wildman–Crippen MR) is 87.4 cm³/mol. The molecule has 0 fully saturated rings. The number of aliphatic hydroxyl groups excluding tert-OH is 1. The molecular weight excluding hydrogens is 325 g/mol. The Morgan fingerprint density at radius 2 is 2.00 bits per heavy atom. The SMILES string of the molecule is C[C@H](NC(=O)c1cccc(-n2cnnn2)c1)[C@@H](O)c1ccc(F)cc1. The summed E-state index contributed by atoms with van der Waals surface area (Å²) in [6.07, 6.45) is 0.477. The van der Waals surface area contributed by atoms with Gasteiger partial charge in [-0.3, -0.25) is 4.79 Å². The molecule has 2 aromatic carbocycles. The van der Waals surface area contributed by atoms with Crippen molar-refractivity contribution in [2.45, 2.75) is 19.1 Å². The van der Waals surface area contributed by atoms with E-state index in [4.69, 9.17) is 0 Å². The minimum absolute atomic E-state index is 0.344. The number of carbonyl (C=O) groups excluding carboxylic acids is 1. The molecule has 1 amide bonds. The van der Waals surface area contributed by atoms with Crippen molar-refractivity contribution in [1.82, 2.24) is 25.5 Å². The van der Waals surface area contributed by atoms with Gasteiger partial charge in [0, 0.05) is 5.56 Å². The van der Waals surface area contributed by atoms with Gasteiger partial charge in [-0.05, 0) is 53.2 Å². The number of hydrogen-bond acceptors (Lipinski definition) is 5. The molecule has 2 N–H and O–H groups in total. The standard InChI is InChI=1S/C17H16FN5O2/c1-11(16(24)12-5-7-14(18)8-6-12)20-17(25)13-3-2-4-15(9-13)23-10-19-21-22-23/h2-11,16,24H,1H3,(H,20,25)/t11-,16+/m0/s1. The fourth-order valence-electron chi connectivity index (χ4n) is 2.39. The Kier molecular flexibility index (Phi) is 4.80. The molecule has 7 nitrogen and oxygen atoms in total. The maximum atomic E-state index is 13.0. The van der Waals surface area contributed by atoms with E-state index in [9.17, 15) is 14.3 Å². The quantitative estimate of drug-likeness (QED) is 0.736. The molecule has 128 valence electrons. The lowest BCUT2D eigenvalue weighted by atomic mass is 10.0. The van der Waals surface area contributed by atoms with Gasteiger partial charge in [-0.1, -0.05) is 18.2 Å². The summed E-state index contributed by atoms with van der Waals surface area (Å²) in [5.74, 6) is -0.726. The Balaban J connectivity index is 1.71. The number of benzene rings is 2. The number of amides is 1. The molecule has 0 radical (unpaired) electrons. The zero-order chi connectivity index (χ0) is 17.8.